The predicted molar refractivity (Wildman–Crippen MR) is 114 cm³/mol. The Morgan fingerprint density at radius 2 is 1.30 bits per heavy atom. The van der Waals surface area contributed by atoms with Gasteiger partial charge in [-0.25, -0.2) is 0 Å². The maximum Gasteiger partial charge on any atom is 0.0151 e. The Morgan fingerprint density at radius 1 is 0.778 bits per heavy atom. The second kappa shape index (κ2) is 6.97. The Morgan fingerprint density at radius 3 is 1.85 bits per heavy atom. The van der Waals surface area contributed by atoms with Crippen LogP contribution in [0.3, 0.4) is 0 Å². The largest absolute Gasteiger partial charge is 0.0623 e. The summed E-state index contributed by atoms with van der Waals surface area (Å²) in [7, 11) is 0. The van der Waals surface area contributed by atoms with Crippen LogP contribution in [0.5, 0.6) is 0 Å². The Kier molecular flexibility index (Phi) is 5.43. The molecule has 0 saturated carbocycles. The second-order valence-electron chi connectivity index (χ2n) is 9.58. The summed E-state index contributed by atoms with van der Waals surface area (Å²) in [5.74, 6) is 0. The van der Waals surface area contributed by atoms with E-state index in [1.165, 1.54) is 48.8 Å². The van der Waals surface area contributed by atoms with E-state index in [9.17, 15) is 0 Å². The molecule has 0 aromatic heterocycles. The first-order chi connectivity index (χ1) is 12.2. The van der Waals surface area contributed by atoms with Crippen molar-refractivity contribution in [1.29, 1.82) is 0 Å². The van der Waals surface area contributed by atoms with Crippen LogP contribution in [-0.2, 0) is 44.1 Å². The quantitative estimate of drug-likeness (QED) is 0.356. The average molecular weight is 525 g/mol. The fraction of sp³-hybridized carbons (Fsp3) is 0.538. The van der Waals surface area contributed by atoms with Gasteiger partial charge in [-0.1, -0.05) is 48.8 Å². The molecule has 1 atom stereocenters. The van der Waals surface area contributed by atoms with Crippen molar-refractivity contribution in [1.82, 2.24) is 0 Å². The number of hydrogen-bond acceptors (Lipinski definition) is 0. The van der Waals surface area contributed by atoms with Gasteiger partial charge in [-0.05, 0) is 100 Å². The summed E-state index contributed by atoms with van der Waals surface area (Å²) in [4.78, 5) is 0. The molecule has 1 heteroatoms. The molecule has 1 aromatic carbocycles. The minimum Gasteiger partial charge on any atom is -0.0623 e. The fourth-order valence-corrected chi connectivity index (χ4v) is 5.89. The Bertz CT molecular complexity index is 869. The van der Waals surface area contributed by atoms with E-state index >= 15 is 0 Å². The van der Waals surface area contributed by atoms with E-state index in [1.807, 2.05) is 0 Å². The van der Waals surface area contributed by atoms with E-state index in [0.29, 0.717) is 0 Å². The molecule has 3 aliphatic carbocycles. The molecular weight excluding hydrogens is 491 g/mol. The van der Waals surface area contributed by atoms with Crippen molar-refractivity contribution in [2.24, 2.45) is 5.41 Å². The molecular formula is C26H34Hf. The monoisotopic (exact) mass is 526 g/mol. The molecule has 1 unspecified atom stereocenters. The summed E-state index contributed by atoms with van der Waals surface area (Å²) in [5.41, 5.74) is 14.3. The molecule has 0 fully saturated rings. The molecule has 4 rings (SSSR count). The third-order valence-electron chi connectivity index (χ3n) is 8.40. The first kappa shape index (κ1) is 21.0. The van der Waals surface area contributed by atoms with Gasteiger partial charge in [-0.3, -0.25) is 0 Å². The van der Waals surface area contributed by atoms with Crippen molar-refractivity contribution >= 4 is 6.08 Å². The molecule has 142 valence electrons. The van der Waals surface area contributed by atoms with Gasteiger partial charge in [0.2, 0.25) is 0 Å². The molecule has 3 aliphatic rings. The van der Waals surface area contributed by atoms with Crippen molar-refractivity contribution < 1.29 is 25.8 Å². The number of fused-ring (bicyclic) bond motifs is 2. The summed E-state index contributed by atoms with van der Waals surface area (Å²) in [6, 6.07) is 5.09. The molecule has 0 bridgehead atoms. The zero-order chi connectivity index (χ0) is 18.9. The minimum absolute atomic E-state index is 0. The van der Waals surface area contributed by atoms with E-state index < -0.39 is 0 Å². The van der Waals surface area contributed by atoms with Crippen LogP contribution in [0.15, 0.2) is 40.0 Å². The molecule has 0 nitrogen and oxygen atoms in total. The maximum atomic E-state index is 2.58. The van der Waals surface area contributed by atoms with Gasteiger partial charge < -0.3 is 0 Å². The van der Waals surface area contributed by atoms with E-state index in [0.717, 1.165) is 0 Å². The SMILES string of the molecule is CC1=Cc2cc3c(cc2C1(C)CC1(C)C(C)=C(C)C(C)=C1C)CCCC3.[Hf]. The van der Waals surface area contributed by atoms with Gasteiger partial charge in [0, 0.05) is 36.7 Å². The van der Waals surface area contributed by atoms with Crippen molar-refractivity contribution in [3.05, 3.63) is 62.3 Å². The van der Waals surface area contributed by atoms with Crippen LogP contribution in [0.4, 0.5) is 0 Å². The predicted octanol–water partition coefficient (Wildman–Crippen LogP) is 7.32. The molecule has 0 radical (unpaired) electrons. The van der Waals surface area contributed by atoms with Crippen molar-refractivity contribution in [3.8, 4) is 0 Å². The van der Waals surface area contributed by atoms with Crippen LogP contribution in [0.1, 0.15) is 90.0 Å². The zero-order valence-corrected chi connectivity index (χ0v) is 21.9. The summed E-state index contributed by atoms with van der Waals surface area (Å²) < 4.78 is 0. The van der Waals surface area contributed by atoms with Crippen LogP contribution < -0.4 is 0 Å². The number of allylic oxidation sites excluding steroid dienone is 5. The van der Waals surface area contributed by atoms with Crippen LogP contribution >= 0.6 is 0 Å². The number of benzene rings is 1. The molecule has 1 aromatic rings. The maximum absolute atomic E-state index is 2.58. The van der Waals surface area contributed by atoms with Gasteiger partial charge in [0.05, 0.1) is 0 Å². The number of hydrogen-bond donors (Lipinski definition) is 0. The van der Waals surface area contributed by atoms with Gasteiger partial charge in [0.25, 0.3) is 0 Å². The van der Waals surface area contributed by atoms with Crippen LogP contribution in [-0.4, -0.2) is 0 Å². The summed E-state index contributed by atoms with van der Waals surface area (Å²) in [6.45, 7) is 16.7. The van der Waals surface area contributed by atoms with E-state index in [-0.39, 0.29) is 36.7 Å². The van der Waals surface area contributed by atoms with Crippen LogP contribution in [0.2, 0.25) is 0 Å². The first-order valence-electron chi connectivity index (χ1n) is 10.4. The van der Waals surface area contributed by atoms with E-state index in [1.54, 1.807) is 33.4 Å². The molecule has 0 amide bonds. The van der Waals surface area contributed by atoms with Crippen LogP contribution in [0.25, 0.3) is 6.08 Å². The molecule has 27 heavy (non-hydrogen) atoms. The fourth-order valence-electron chi connectivity index (χ4n) is 5.89. The van der Waals surface area contributed by atoms with Gasteiger partial charge >= 0.3 is 0 Å². The third kappa shape index (κ3) is 2.95. The number of aryl methyl sites for hydroxylation is 2. The summed E-state index contributed by atoms with van der Waals surface area (Å²) in [6.07, 6.45) is 8.91. The van der Waals surface area contributed by atoms with E-state index in [2.05, 4.69) is 66.7 Å². The zero-order valence-electron chi connectivity index (χ0n) is 18.3. The average Bonchev–Trinajstić information content (AvgIpc) is 2.93. The minimum atomic E-state index is 0. The standard InChI is InChI=1S/C26H34.Hf/c1-16-12-23-13-21-10-8-9-11-22(21)14-24(23)25(16,6)15-26(7)19(4)17(2)18(3)20(26)5;/h12-14H,8-11,15H2,1-7H3;. The molecule has 0 N–H and O–H groups in total. The molecule has 0 spiro atoms. The van der Waals surface area contributed by atoms with E-state index in [4.69, 9.17) is 0 Å². The number of rotatable bonds is 2. The van der Waals surface area contributed by atoms with Crippen molar-refractivity contribution in [2.75, 3.05) is 0 Å². The first-order valence-corrected chi connectivity index (χ1v) is 10.4. The topological polar surface area (TPSA) is 0 Å². The summed E-state index contributed by atoms with van der Waals surface area (Å²) >= 11 is 0. The van der Waals surface area contributed by atoms with Gasteiger partial charge in [-0.15, -0.1) is 0 Å². The van der Waals surface area contributed by atoms with Gasteiger partial charge in [-0.2, -0.15) is 0 Å². The molecule has 0 aliphatic heterocycles. The van der Waals surface area contributed by atoms with Crippen molar-refractivity contribution in [3.63, 3.8) is 0 Å². The second-order valence-corrected chi connectivity index (χ2v) is 9.58. The van der Waals surface area contributed by atoms with Crippen molar-refractivity contribution in [2.45, 2.75) is 86.0 Å². The molecule has 0 heterocycles. The Hall–Kier alpha value is -0.690. The summed E-state index contributed by atoms with van der Waals surface area (Å²) in [5, 5.41) is 0. The van der Waals surface area contributed by atoms with Gasteiger partial charge in [0.1, 0.15) is 0 Å². The molecule has 0 saturated heterocycles. The van der Waals surface area contributed by atoms with Gasteiger partial charge in [0.15, 0.2) is 0 Å². The third-order valence-corrected chi connectivity index (χ3v) is 8.40. The normalized spacial score (nSPS) is 26.0. The van der Waals surface area contributed by atoms with Crippen LogP contribution in [0, 0.1) is 5.41 Å². The Labute approximate surface area is 185 Å². The Balaban J connectivity index is 0.00000210. The smallest absolute Gasteiger partial charge is 0.0151 e.